The normalized spacial score (nSPS) is 26.4. The molecule has 0 aromatic carbocycles. The first kappa shape index (κ1) is 93.2. The molecule has 0 aromatic rings. The molecule has 101 heavy (non-hydrogen) atoms. The van der Waals surface area contributed by atoms with Gasteiger partial charge in [0.05, 0.1) is 38.6 Å². The molecule has 594 valence electrons. The molecule has 3 aliphatic rings. The second-order valence-corrected chi connectivity index (χ2v) is 29.9. The summed E-state index contributed by atoms with van der Waals surface area (Å²) in [4.78, 5) is 13.5. The summed E-state index contributed by atoms with van der Waals surface area (Å²) in [7, 11) is 0. The van der Waals surface area contributed by atoms with Gasteiger partial charge in [-0.25, -0.2) is 0 Å². The van der Waals surface area contributed by atoms with E-state index in [1.165, 1.54) is 276 Å². The van der Waals surface area contributed by atoms with E-state index in [0.29, 0.717) is 12.8 Å². The molecule has 19 nitrogen and oxygen atoms in total. The van der Waals surface area contributed by atoms with Gasteiger partial charge in [0.1, 0.15) is 73.2 Å². The first-order chi connectivity index (χ1) is 49.3. The van der Waals surface area contributed by atoms with Crippen LogP contribution in [0.4, 0.5) is 0 Å². The highest BCUT2D eigenvalue weighted by Crippen LogP contribution is 2.33. The van der Waals surface area contributed by atoms with E-state index >= 15 is 0 Å². The summed E-state index contributed by atoms with van der Waals surface area (Å²) in [6.45, 7) is 1.77. The van der Waals surface area contributed by atoms with Crippen molar-refractivity contribution in [3.8, 4) is 0 Å². The van der Waals surface area contributed by atoms with Crippen LogP contribution in [0.1, 0.15) is 348 Å². The number of ether oxygens (including phenoxy) is 6. The summed E-state index contributed by atoms with van der Waals surface area (Å²) in [5.41, 5.74) is 0. The maximum Gasteiger partial charge on any atom is 0.220 e. The van der Waals surface area contributed by atoms with Crippen LogP contribution in [0.25, 0.3) is 0 Å². The summed E-state index contributed by atoms with van der Waals surface area (Å²) in [5.74, 6) is -0.278. The number of unbranched alkanes of at least 4 members (excludes halogenated alkanes) is 47. The predicted molar refractivity (Wildman–Crippen MR) is 402 cm³/mol. The van der Waals surface area contributed by atoms with Crippen LogP contribution in [0.15, 0.2) is 36.5 Å². The van der Waals surface area contributed by atoms with Gasteiger partial charge >= 0.3 is 0 Å². The quantitative estimate of drug-likeness (QED) is 0.0199. The van der Waals surface area contributed by atoms with Crippen molar-refractivity contribution >= 4 is 5.91 Å². The van der Waals surface area contributed by atoms with Crippen LogP contribution in [0, 0.1) is 0 Å². The van der Waals surface area contributed by atoms with Gasteiger partial charge in [-0.05, 0) is 57.8 Å². The Kier molecular flexibility index (Phi) is 58.1. The fraction of sp³-hybridized carbons (Fsp3) is 0.915. The van der Waals surface area contributed by atoms with Crippen molar-refractivity contribution in [2.24, 2.45) is 0 Å². The highest BCUT2D eigenvalue weighted by Gasteiger charge is 2.54. The highest BCUT2D eigenvalue weighted by molar-refractivity contribution is 5.76. The van der Waals surface area contributed by atoms with Crippen LogP contribution in [-0.4, -0.2) is 193 Å². The van der Waals surface area contributed by atoms with Crippen LogP contribution in [0.3, 0.4) is 0 Å². The molecular formula is C82H153NO18. The van der Waals surface area contributed by atoms with E-state index in [4.69, 9.17) is 28.4 Å². The number of aliphatic hydroxyl groups is 11. The van der Waals surface area contributed by atoms with E-state index in [2.05, 4.69) is 43.5 Å². The molecule has 19 heteroatoms. The van der Waals surface area contributed by atoms with E-state index in [-0.39, 0.29) is 18.9 Å². The Morgan fingerprint density at radius 1 is 0.347 bits per heavy atom. The Bertz CT molecular complexity index is 1960. The fourth-order valence-electron chi connectivity index (χ4n) is 14.2. The monoisotopic (exact) mass is 1440 g/mol. The van der Waals surface area contributed by atoms with Gasteiger partial charge in [0.25, 0.3) is 0 Å². The molecule has 3 aliphatic heterocycles. The topological polar surface area (TPSA) is 307 Å². The molecule has 1 amide bonds. The van der Waals surface area contributed by atoms with Gasteiger partial charge < -0.3 is 89.9 Å². The molecule has 3 rings (SSSR count). The largest absolute Gasteiger partial charge is 0.394 e. The molecule has 3 fully saturated rings. The Balaban J connectivity index is 1.37. The van der Waals surface area contributed by atoms with Crippen LogP contribution in [0.2, 0.25) is 0 Å². The molecule has 3 heterocycles. The molecule has 0 bridgehead atoms. The minimum Gasteiger partial charge on any atom is -0.394 e. The molecule has 0 aliphatic carbocycles. The number of rotatable bonds is 67. The van der Waals surface area contributed by atoms with Crippen LogP contribution in [0.5, 0.6) is 0 Å². The number of allylic oxidation sites excluding steroid dienone is 5. The van der Waals surface area contributed by atoms with Crippen molar-refractivity contribution in [1.29, 1.82) is 0 Å². The van der Waals surface area contributed by atoms with Gasteiger partial charge in [-0.15, -0.1) is 0 Å². The average Bonchev–Trinajstić information content (AvgIpc) is 0.792. The molecular weight excluding hydrogens is 1290 g/mol. The van der Waals surface area contributed by atoms with Gasteiger partial charge in [-0.3, -0.25) is 4.79 Å². The molecule has 17 unspecified atom stereocenters. The number of carbonyl (C=O) groups excluding carboxylic acids is 1. The molecule has 0 radical (unpaired) electrons. The Morgan fingerprint density at radius 2 is 0.634 bits per heavy atom. The standard InChI is InChI=1S/C82H153NO18/c1-3-5-7-9-11-13-15-17-19-21-23-25-27-29-30-31-32-33-34-36-38-40-42-44-46-48-50-52-54-56-58-60-70(88)83-65(66(87)59-57-55-53-51-49-47-45-43-41-39-37-35-28-26-24-22-20-18-16-14-12-10-8-6-4-2)64-96-80-76(94)73(91)78(68(62-85)98-80)101-82-77(95)74(92)79(69(63-86)99-82)100-81-75(93)72(90)71(89)67(61-84)97-81/h21,23,49,51,57,59,65-69,71-82,84-87,89-95H,3-20,22,24-48,50,52-56,58,60-64H2,1-2H3,(H,83,88)/b23-21-,51-49+,59-57+. The summed E-state index contributed by atoms with van der Waals surface area (Å²) >= 11 is 0. The lowest BCUT2D eigenvalue weighted by Gasteiger charge is -2.48. The SMILES string of the molecule is CCCCCCCCCC/C=C\CCCCCCCCCCCCCCCCCCCCCC(=O)NC(COC1OC(CO)C(OC2OC(CO)C(OC3OC(CO)C(O)C(O)C3O)C(O)C2O)C(O)C1O)C(O)/C=C/CC/C=C/CCCCCCCCCCCCCCCCCCCCC. The van der Waals surface area contributed by atoms with Crippen molar-refractivity contribution in [2.75, 3.05) is 26.4 Å². The zero-order valence-electron chi connectivity index (χ0n) is 63.7. The van der Waals surface area contributed by atoms with Crippen molar-refractivity contribution < 1.29 is 89.4 Å². The Hall–Kier alpha value is -1.99. The maximum atomic E-state index is 13.5. The number of hydrogen-bond acceptors (Lipinski definition) is 18. The maximum absolute atomic E-state index is 13.5. The lowest BCUT2D eigenvalue weighted by Crippen LogP contribution is -2.66. The Labute approximate surface area is 612 Å². The minimum atomic E-state index is -1.98. The van der Waals surface area contributed by atoms with Gasteiger partial charge in [-0.1, -0.05) is 320 Å². The lowest BCUT2D eigenvalue weighted by molar-refractivity contribution is -0.379. The van der Waals surface area contributed by atoms with Gasteiger partial charge in [-0.2, -0.15) is 0 Å². The summed E-state index contributed by atoms with van der Waals surface area (Å²) in [6, 6.07) is -0.990. The second-order valence-electron chi connectivity index (χ2n) is 29.9. The zero-order chi connectivity index (χ0) is 73.2. The first-order valence-corrected chi connectivity index (χ1v) is 41.7. The number of aliphatic hydroxyl groups excluding tert-OH is 11. The Morgan fingerprint density at radius 3 is 0.990 bits per heavy atom. The van der Waals surface area contributed by atoms with Crippen molar-refractivity contribution in [3.63, 3.8) is 0 Å². The molecule has 12 N–H and O–H groups in total. The summed E-state index contributed by atoms with van der Waals surface area (Å²) < 4.78 is 34.5. The number of nitrogens with one attached hydrogen (secondary N) is 1. The van der Waals surface area contributed by atoms with Crippen LogP contribution >= 0.6 is 0 Å². The molecule has 3 saturated heterocycles. The number of carbonyl (C=O) groups is 1. The second kappa shape index (κ2) is 63.0. The predicted octanol–water partition coefficient (Wildman–Crippen LogP) is 14.3. The number of hydrogen-bond donors (Lipinski definition) is 12. The van der Waals surface area contributed by atoms with Gasteiger partial charge in [0.2, 0.25) is 5.91 Å². The van der Waals surface area contributed by atoms with E-state index < -0.39 is 124 Å². The van der Waals surface area contributed by atoms with Crippen molar-refractivity contribution in [3.05, 3.63) is 36.5 Å². The third kappa shape index (κ3) is 43.0. The summed E-state index contributed by atoms with van der Waals surface area (Å²) in [6.07, 6.45) is 51.4. The van der Waals surface area contributed by atoms with Crippen molar-refractivity contribution in [2.45, 2.75) is 452 Å². The van der Waals surface area contributed by atoms with Crippen LogP contribution in [-0.2, 0) is 33.2 Å². The first-order valence-electron chi connectivity index (χ1n) is 41.7. The van der Waals surface area contributed by atoms with E-state index in [9.17, 15) is 61.0 Å². The average molecular weight is 1440 g/mol. The fourth-order valence-corrected chi connectivity index (χ4v) is 14.2. The van der Waals surface area contributed by atoms with Crippen molar-refractivity contribution in [1.82, 2.24) is 5.32 Å². The molecule has 0 aromatic heterocycles. The summed E-state index contributed by atoms with van der Waals surface area (Å²) in [5, 5.41) is 121. The highest BCUT2D eigenvalue weighted by atomic mass is 16.8. The zero-order valence-corrected chi connectivity index (χ0v) is 63.7. The molecule has 0 saturated carbocycles. The third-order valence-electron chi connectivity index (χ3n) is 20.9. The van der Waals surface area contributed by atoms with E-state index in [1.807, 2.05) is 6.08 Å². The minimum absolute atomic E-state index is 0.239. The van der Waals surface area contributed by atoms with E-state index in [0.717, 1.165) is 38.5 Å². The molecule has 0 spiro atoms. The molecule has 17 atom stereocenters. The van der Waals surface area contributed by atoms with E-state index in [1.54, 1.807) is 6.08 Å². The lowest BCUT2D eigenvalue weighted by atomic mass is 9.96. The van der Waals surface area contributed by atoms with Gasteiger partial charge in [0.15, 0.2) is 18.9 Å². The number of amides is 1. The van der Waals surface area contributed by atoms with Gasteiger partial charge in [0, 0.05) is 6.42 Å². The van der Waals surface area contributed by atoms with Crippen LogP contribution < -0.4 is 5.32 Å². The third-order valence-corrected chi connectivity index (χ3v) is 20.9. The smallest absolute Gasteiger partial charge is 0.220 e.